The minimum atomic E-state index is 0.0428. The lowest BCUT2D eigenvalue weighted by Gasteiger charge is -2.17. The highest BCUT2D eigenvalue weighted by molar-refractivity contribution is 5.95. The molecule has 1 heterocycles. The van der Waals surface area contributed by atoms with Gasteiger partial charge in [0.2, 0.25) is 0 Å². The second-order valence-electron chi connectivity index (χ2n) is 6.03. The van der Waals surface area contributed by atoms with Crippen molar-refractivity contribution in [2.24, 2.45) is 0 Å². The Morgan fingerprint density at radius 3 is 2.71 bits per heavy atom. The summed E-state index contributed by atoms with van der Waals surface area (Å²) < 4.78 is 0. The summed E-state index contributed by atoms with van der Waals surface area (Å²) in [7, 11) is 0. The van der Waals surface area contributed by atoms with Gasteiger partial charge in [-0.15, -0.1) is 0 Å². The number of aryl methyl sites for hydroxylation is 3. The van der Waals surface area contributed by atoms with Crippen LogP contribution in [0, 0.1) is 13.8 Å². The van der Waals surface area contributed by atoms with E-state index in [1.54, 1.807) is 0 Å². The number of hydrogen-bond acceptors (Lipinski definition) is 1. The molecule has 1 aromatic heterocycles. The first-order chi connectivity index (χ1) is 10.1. The number of H-pyrrole nitrogens is 1. The molecule has 1 aliphatic rings. The Balaban J connectivity index is 1.73. The van der Waals surface area contributed by atoms with E-state index in [9.17, 15) is 4.79 Å². The first-order valence-electron chi connectivity index (χ1n) is 7.67. The maximum absolute atomic E-state index is 12.4. The van der Waals surface area contributed by atoms with Gasteiger partial charge in [-0.1, -0.05) is 24.3 Å². The molecule has 1 aromatic carbocycles. The molecule has 3 heteroatoms. The largest absolute Gasteiger partial charge is 0.362 e. The highest BCUT2D eigenvalue weighted by Crippen LogP contribution is 2.21. The number of nitrogens with one attached hydrogen (secondary N) is 2. The molecule has 0 saturated carbocycles. The zero-order valence-electron chi connectivity index (χ0n) is 12.7. The maximum atomic E-state index is 12.4. The number of aromatic nitrogens is 1. The molecule has 2 N–H and O–H groups in total. The third-order valence-electron chi connectivity index (χ3n) is 4.31. The van der Waals surface area contributed by atoms with Gasteiger partial charge in [-0.3, -0.25) is 4.79 Å². The highest BCUT2D eigenvalue weighted by Gasteiger charge is 2.20. The predicted molar refractivity (Wildman–Crippen MR) is 84.6 cm³/mol. The molecule has 0 radical (unpaired) electrons. The summed E-state index contributed by atoms with van der Waals surface area (Å²) in [6.07, 6.45) is 4.23. The van der Waals surface area contributed by atoms with Gasteiger partial charge in [0.25, 0.3) is 5.91 Å². The summed E-state index contributed by atoms with van der Waals surface area (Å²) in [5.41, 5.74) is 5.55. The Labute approximate surface area is 125 Å². The molecule has 3 nitrogen and oxygen atoms in total. The van der Waals surface area contributed by atoms with Gasteiger partial charge in [0.05, 0.1) is 5.56 Å². The lowest BCUT2D eigenvalue weighted by Crippen LogP contribution is -2.36. The summed E-state index contributed by atoms with van der Waals surface area (Å²) in [5.74, 6) is 0.0428. The average molecular weight is 282 g/mol. The van der Waals surface area contributed by atoms with Crippen LogP contribution in [0.2, 0.25) is 0 Å². The Morgan fingerprint density at radius 2 is 2.00 bits per heavy atom. The summed E-state index contributed by atoms with van der Waals surface area (Å²) in [6.45, 7) is 3.93. The van der Waals surface area contributed by atoms with Crippen LogP contribution in [0.4, 0.5) is 0 Å². The van der Waals surface area contributed by atoms with Crippen molar-refractivity contribution in [1.82, 2.24) is 10.3 Å². The molecule has 21 heavy (non-hydrogen) atoms. The molecule has 1 amide bonds. The van der Waals surface area contributed by atoms with Gasteiger partial charge in [0.15, 0.2) is 0 Å². The molecule has 1 atom stereocenters. The van der Waals surface area contributed by atoms with Crippen LogP contribution in [0.25, 0.3) is 0 Å². The van der Waals surface area contributed by atoms with Crippen LogP contribution in [0.15, 0.2) is 30.3 Å². The smallest absolute Gasteiger partial charge is 0.253 e. The van der Waals surface area contributed by atoms with Crippen molar-refractivity contribution in [3.63, 3.8) is 0 Å². The van der Waals surface area contributed by atoms with Gasteiger partial charge in [0, 0.05) is 17.4 Å². The quantitative estimate of drug-likeness (QED) is 0.816. The van der Waals surface area contributed by atoms with Crippen LogP contribution in [0.3, 0.4) is 0 Å². The molecule has 0 bridgehead atoms. The summed E-state index contributed by atoms with van der Waals surface area (Å²) in [4.78, 5) is 15.6. The molecule has 0 aliphatic heterocycles. The minimum Gasteiger partial charge on any atom is -0.362 e. The third kappa shape index (κ3) is 3.02. The van der Waals surface area contributed by atoms with Gasteiger partial charge in [-0.05, 0) is 56.7 Å². The molecule has 2 aromatic rings. The first kappa shape index (κ1) is 13.9. The first-order valence-corrected chi connectivity index (χ1v) is 7.67. The lowest BCUT2D eigenvalue weighted by molar-refractivity contribution is 0.0934. The molecule has 110 valence electrons. The Morgan fingerprint density at radius 1 is 1.24 bits per heavy atom. The van der Waals surface area contributed by atoms with Crippen LogP contribution in [-0.4, -0.2) is 16.9 Å². The minimum absolute atomic E-state index is 0.0428. The van der Waals surface area contributed by atoms with Crippen LogP contribution < -0.4 is 5.32 Å². The van der Waals surface area contributed by atoms with Crippen molar-refractivity contribution in [3.8, 4) is 0 Å². The lowest BCUT2D eigenvalue weighted by atomic mass is 10.0. The van der Waals surface area contributed by atoms with E-state index in [0.29, 0.717) is 0 Å². The number of benzene rings is 1. The average Bonchev–Trinajstić information content (AvgIpc) is 2.68. The van der Waals surface area contributed by atoms with Crippen molar-refractivity contribution in [3.05, 3.63) is 58.4 Å². The molecular weight excluding hydrogens is 260 g/mol. The SMILES string of the molecule is Cc1cc(C(=O)NC2CCCc3ccccc3C2)c(C)[nH]1. The molecule has 0 saturated heterocycles. The number of hydrogen-bond donors (Lipinski definition) is 2. The number of aromatic amines is 1. The van der Waals surface area contributed by atoms with Crippen molar-refractivity contribution in [2.75, 3.05) is 0 Å². The van der Waals surface area contributed by atoms with E-state index >= 15 is 0 Å². The second-order valence-corrected chi connectivity index (χ2v) is 6.03. The van der Waals surface area contributed by atoms with E-state index in [1.807, 2.05) is 19.9 Å². The molecule has 1 aliphatic carbocycles. The van der Waals surface area contributed by atoms with E-state index in [0.717, 1.165) is 42.6 Å². The van der Waals surface area contributed by atoms with Crippen molar-refractivity contribution >= 4 is 5.91 Å². The van der Waals surface area contributed by atoms with Gasteiger partial charge >= 0.3 is 0 Å². The van der Waals surface area contributed by atoms with E-state index in [4.69, 9.17) is 0 Å². The Hall–Kier alpha value is -2.03. The van der Waals surface area contributed by atoms with Crippen LogP contribution in [0.1, 0.15) is 45.7 Å². The monoisotopic (exact) mass is 282 g/mol. The number of rotatable bonds is 2. The fraction of sp³-hybridized carbons (Fsp3) is 0.389. The van der Waals surface area contributed by atoms with Gasteiger partial charge in [-0.25, -0.2) is 0 Å². The topological polar surface area (TPSA) is 44.9 Å². The molecule has 1 unspecified atom stereocenters. The van der Waals surface area contributed by atoms with Crippen molar-refractivity contribution in [1.29, 1.82) is 0 Å². The predicted octanol–water partition coefficient (Wildman–Crippen LogP) is 3.31. The molecule has 0 spiro atoms. The second kappa shape index (κ2) is 5.76. The van der Waals surface area contributed by atoms with Crippen molar-refractivity contribution in [2.45, 2.75) is 45.6 Å². The highest BCUT2D eigenvalue weighted by atomic mass is 16.1. The summed E-state index contributed by atoms with van der Waals surface area (Å²) in [6, 6.07) is 10.7. The van der Waals surface area contributed by atoms with E-state index in [1.165, 1.54) is 11.1 Å². The van der Waals surface area contributed by atoms with Gasteiger partial charge < -0.3 is 10.3 Å². The van der Waals surface area contributed by atoms with Crippen molar-refractivity contribution < 1.29 is 4.79 Å². The normalized spacial score (nSPS) is 17.9. The van der Waals surface area contributed by atoms with E-state index < -0.39 is 0 Å². The van der Waals surface area contributed by atoms with E-state index in [-0.39, 0.29) is 11.9 Å². The zero-order chi connectivity index (χ0) is 14.8. The molecular formula is C18H22N2O. The van der Waals surface area contributed by atoms with Crippen LogP contribution in [-0.2, 0) is 12.8 Å². The maximum Gasteiger partial charge on any atom is 0.253 e. The Kier molecular flexibility index (Phi) is 3.82. The zero-order valence-corrected chi connectivity index (χ0v) is 12.7. The van der Waals surface area contributed by atoms with Crippen LogP contribution >= 0.6 is 0 Å². The summed E-state index contributed by atoms with van der Waals surface area (Å²) in [5, 5.41) is 3.21. The summed E-state index contributed by atoms with van der Waals surface area (Å²) >= 11 is 0. The third-order valence-corrected chi connectivity index (χ3v) is 4.31. The number of amides is 1. The fourth-order valence-electron chi connectivity index (χ4n) is 3.25. The molecule has 0 fully saturated rings. The number of carbonyl (C=O) groups excluding carboxylic acids is 1. The van der Waals surface area contributed by atoms with E-state index in [2.05, 4.69) is 34.6 Å². The number of carbonyl (C=O) groups is 1. The van der Waals surface area contributed by atoms with Gasteiger partial charge in [-0.2, -0.15) is 0 Å². The van der Waals surface area contributed by atoms with Gasteiger partial charge in [0.1, 0.15) is 0 Å². The Bertz CT molecular complexity index is 657. The molecule has 3 rings (SSSR count). The fourth-order valence-corrected chi connectivity index (χ4v) is 3.25. The number of fused-ring (bicyclic) bond motifs is 1. The standard InChI is InChI=1S/C18H22N2O/c1-12-10-17(13(2)19-12)18(21)20-16-9-5-8-14-6-3-4-7-15(14)11-16/h3-4,6-7,10,16,19H,5,8-9,11H2,1-2H3,(H,20,21). The van der Waals surface area contributed by atoms with Crippen LogP contribution in [0.5, 0.6) is 0 Å².